The van der Waals surface area contributed by atoms with Gasteiger partial charge in [-0.25, -0.2) is 0 Å². The van der Waals surface area contributed by atoms with E-state index >= 15 is 0 Å². The molecule has 0 aliphatic rings. The quantitative estimate of drug-likeness (QED) is 0.541. The Bertz CT molecular complexity index is 652. The minimum atomic E-state index is 0.593. The second kappa shape index (κ2) is 11.1. The van der Waals surface area contributed by atoms with E-state index in [1.807, 2.05) is 64.1 Å². The van der Waals surface area contributed by atoms with Crippen molar-refractivity contribution in [3.05, 3.63) is 71.9 Å². The van der Waals surface area contributed by atoms with E-state index in [1.54, 1.807) is 7.11 Å². The fourth-order valence-electron chi connectivity index (χ4n) is 1.92. The predicted octanol–water partition coefficient (Wildman–Crippen LogP) is 5.43. The van der Waals surface area contributed by atoms with Crippen LogP contribution in [0.15, 0.2) is 60.7 Å². The Hall–Kier alpha value is -2.55. The number of allylic oxidation sites excluding steroid dienone is 5. The molecular weight excluding hydrogens is 296 g/mol. The summed E-state index contributed by atoms with van der Waals surface area (Å²) in [6.07, 6.45) is 6.65. The summed E-state index contributed by atoms with van der Waals surface area (Å²) in [6, 6.07) is 5.73. The number of nitrogens with two attached hydrogens (primary N) is 1. The van der Waals surface area contributed by atoms with Crippen molar-refractivity contribution in [2.75, 3.05) is 7.11 Å². The van der Waals surface area contributed by atoms with Gasteiger partial charge in [0.1, 0.15) is 5.75 Å². The molecule has 0 aliphatic carbocycles. The van der Waals surface area contributed by atoms with E-state index in [2.05, 4.69) is 13.2 Å². The van der Waals surface area contributed by atoms with Crippen molar-refractivity contribution in [2.45, 2.75) is 34.1 Å². The maximum atomic E-state index is 7.54. The van der Waals surface area contributed by atoms with Crippen LogP contribution in [0, 0.1) is 12.3 Å². The summed E-state index contributed by atoms with van der Waals surface area (Å²) in [7, 11) is 1.64. The molecule has 1 aromatic rings. The van der Waals surface area contributed by atoms with E-state index in [-0.39, 0.29) is 0 Å². The zero-order valence-electron chi connectivity index (χ0n) is 15.6. The molecule has 24 heavy (non-hydrogen) atoms. The number of benzene rings is 1. The molecule has 0 saturated heterocycles. The molecule has 0 heterocycles. The molecule has 1 rings (SSSR count). The van der Waals surface area contributed by atoms with Crippen LogP contribution in [0.5, 0.6) is 5.75 Å². The number of aryl methyl sites for hydroxylation is 1. The third-order valence-corrected chi connectivity index (χ3v) is 3.51. The van der Waals surface area contributed by atoms with Crippen molar-refractivity contribution in [2.24, 2.45) is 5.73 Å². The Morgan fingerprint density at radius 3 is 2.38 bits per heavy atom. The summed E-state index contributed by atoms with van der Waals surface area (Å²) in [6.45, 7) is 15.4. The van der Waals surface area contributed by atoms with Crippen LogP contribution in [-0.4, -0.2) is 12.8 Å². The molecule has 0 spiro atoms. The lowest BCUT2D eigenvalue weighted by atomic mass is 10.0. The van der Waals surface area contributed by atoms with Gasteiger partial charge >= 0.3 is 0 Å². The number of ether oxygens (including phenoxy) is 1. The summed E-state index contributed by atoms with van der Waals surface area (Å²) >= 11 is 0. The molecule has 1 aromatic carbocycles. The van der Waals surface area contributed by atoms with Gasteiger partial charge in [-0.1, -0.05) is 38.3 Å². The SMILES string of the molecule is C=C(C(=N)CC)/C(C)=C\C=C/C.C=C(N)c1ccc(OC)cc1C. The van der Waals surface area contributed by atoms with E-state index in [4.69, 9.17) is 15.9 Å². The van der Waals surface area contributed by atoms with Gasteiger partial charge in [-0.2, -0.15) is 0 Å². The van der Waals surface area contributed by atoms with E-state index in [0.717, 1.165) is 34.4 Å². The first-order chi connectivity index (χ1) is 11.3. The number of hydrogen-bond donors (Lipinski definition) is 2. The number of nitrogens with one attached hydrogen (secondary N) is 1. The highest BCUT2D eigenvalue weighted by Crippen LogP contribution is 2.19. The van der Waals surface area contributed by atoms with Gasteiger partial charge in [0.15, 0.2) is 0 Å². The lowest BCUT2D eigenvalue weighted by molar-refractivity contribution is 0.414. The van der Waals surface area contributed by atoms with Crippen LogP contribution in [0.25, 0.3) is 5.70 Å². The third kappa shape index (κ3) is 7.14. The highest BCUT2D eigenvalue weighted by molar-refractivity contribution is 6.00. The maximum Gasteiger partial charge on any atom is 0.119 e. The normalized spacial score (nSPS) is 10.8. The standard InChI is InChI=1S/C11H17N.C10H13NO/c1-5-7-8-9(3)10(4)11(12)6-2;1-7-6-9(12-3)4-5-10(7)8(2)11/h5,7-8,12H,4,6H2,1-3H3;4-6H,2,11H2,1,3H3/b7-5-,9-8-,12-11?;. The molecule has 3 N–H and O–H groups in total. The zero-order chi connectivity index (χ0) is 18.7. The number of hydrogen-bond acceptors (Lipinski definition) is 3. The van der Waals surface area contributed by atoms with Gasteiger partial charge in [-0.3, -0.25) is 0 Å². The molecule has 130 valence electrons. The molecule has 0 atom stereocenters. The van der Waals surface area contributed by atoms with Gasteiger partial charge in [0.2, 0.25) is 0 Å². The molecule has 0 radical (unpaired) electrons. The van der Waals surface area contributed by atoms with Crippen molar-refractivity contribution in [3.63, 3.8) is 0 Å². The largest absolute Gasteiger partial charge is 0.497 e. The summed E-state index contributed by atoms with van der Waals surface area (Å²) in [4.78, 5) is 0. The van der Waals surface area contributed by atoms with Gasteiger partial charge in [0, 0.05) is 11.4 Å². The molecule has 0 fully saturated rings. The average Bonchev–Trinajstić information content (AvgIpc) is 2.58. The Balaban J connectivity index is 0.000000441. The molecule has 0 aromatic heterocycles. The van der Waals surface area contributed by atoms with Crippen LogP contribution in [0.3, 0.4) is 0 Å². The highest BCUT2D eigenvalue weighted by atomic mass is 16.5. The predicted molar refractivity (Wildman–Crippen MR) is 107 cm³/mol. The Morgan fingerprint density at radius 1 is 1.33 bits per heavy atom. The summed E-state index contributed by atoms with van der Waals surface area (Å²) in [5.41, 5.74) is 10.8. The first-order valence-electron chi connectivity index (χ1n) is 7.94. The Labute approximate surface area is 146 Å². The minimum absolute atomic E-state index is 0.593. The van der Waals surface area contributed by atoms with E-state index < -0.39 is 0 Å². The summed E-state index contributed by atoms with van der Waals surface area (Å²) in [5.74, 6) is 0.845. The zero-order valence-corrected chi connectivity index (χ0v) is 15.6. The van der Waals surface area contributed by atoms with Gasteiger partial charge in [0.25, 0.3) is 0 Å². The Kier molecular flexibility index (Phi) is 9.88. The lowest BCUT2D eigenvalue weighted by Gasteiger charge is -2.06. The third-order valence-electron chi connectivity index (χ3n) is 3.51. The monoisotopic (exact) mass is 326 g/mol. The topological polar surface area (TPSA) is 59.1 Å². The second-order valence-corrected chi connectivity index (χ2v) is 5.39. The highest BCUT2D eigenvalue weighted by Gasteiger charge is 2.01. The number of methoxy groups -OCH3 is 1. The first kappa shape index (κ1) is 21.4. The van der Waals surface area contributed by atoms with Crippen molar-refractivity contribution >= 4 is 11.4 Å². The molecule has 0 unspecified atom stereocenters. The van der Waals surface area contributed by atoms with Crippen molar-refractivity contribution in [3.8, 4) is 5.75 Å². The van der Waals surface area contributed by atoms with Crippen molar-refractivity contribution in [1.82, 2.24) is 0 Å². The Morgan fingerprint density at radius 2 is 1.96 bits per heavy atom. The van der Waals surface area contributed by atoms with Crippen LogP contribution >= 0.6 is 0 Å². The van der Waals surface area contributed by atoms with Gasteiger partial charge in [-0.15, -0.1) is 0 Å². The van der Waals surface area contributed by atoms with Crippen LogP contribution in [0.4, 0.5) is 0 Å². The van der Waals surface area contributed by atoms with Crippen LogP contribution in [-0.2, 0) is 0 Å². The van der Waals surface area contributed by atoms with Gasteiger partial charge < -0.3 is 15.9 Å². The van der Waals surface area contributed by atoms with Crippen molar-refractivity contribution in [1.29, 1.82) is 5.41 Å². The fourth-order valence-corrected chi connectivity index (χ4v) is 1.92. The van der Waals surface area contributed by atoms with Gasteiger partial charge in [-0.05, 0) is 67.7 Å². The van der Waals surface area contributed by atoms with E-state index in [1.165, 1.54) is 0 Å². The molecule has 3 heteroatoms. The minimum Gasteiger partial charge on any atom is -0.497 e. The second-order valence-electron chi connectivity index (χ2n) is 5.39. The van der Waals surface area contributed by atoms with Crippen LogP contribution < -0.4 is 10.5 Å². The van der Waals surface area contributed by atoms with Crippen LogP contribution in [0.2, 0.25) is 0 Å². The molecule has 3 nitrogen and oxygen atoms in total. The molecular formula is C21H30N2O. The molecule has 0 aliphatic heterocycles. The van der Waals surface area contributed by atoms with E-state index in [9.17, 15) is 0 Å². The van der Waals surface area contributed by atoms with Crippen LogP contribution in [0.1, 0.15) is 38.3 Å². The maximum absolute atomic E-state index is 7.54. The smallest absolute Gasteiger partial charge is 0.119 e. The number of rotatable bonds is 6. The first-order valence-corrected chi connectivity index (χ1v) is 7.94. The van der Waals surface area contributed by atoms with Gasteiger partial charge in [0.05, 0.1) is 7.11 Å². The average molecular weight is 326 g/mol. The molecule has 0 bridgehead atoms. The lowest BCUT2D eigenvalue weighted by Crippen LogP contribution is -1.98. The molecule has 0 amide bonds. The molecule has 0 saturated carbocycles. The summed E-state index contributed by atoms with van der Waals surface area (Å²) < 4.78 is 5.06. The fraction of sp³-hybridized carbons (Fsp3) is 0.286. The van der Waals surface area contributed by atoms with Crippen molar-refractivity contribution < 1.29 is 4.74 Å². The summed E-state index contributed by atoms with van der Waals surface area (Å²) in [5, 5.41) is 7.54. The van der Waals surface area contributed by atoms with E-state index in [0.29, 0.717) is 11.4 Å².